The maximum absolute atomic E-state index is 13.0. The molecule has 0 radical (unpaired) electrons. The van der Waals surface area contributed by atoms with Crippen molar-refractivity contribution < 1.29 is 8.78 Å². The van der Waals surface area contributed by atoms with Gasteiger partial charge in [0.1, 0.15) is 5.03 Å². The van der Waals surface area contributed by atoms with Crippen molar-refractivity contribution in [3.8, 4) is 0 Å². The lowest BCUT2D eigenvalue weighted by molar-refractivity contribution is 0.506. The molecule has 1 heterocycles. The zero-order valence-corrected chi connectivity index (χ0v) is 11.4. The number of nitrogens with zero attached hydrogens (tertiary/aromatic N) is 1. The first-order valence-electron chi connectivity index (χ1n) is 4.50. The summed E-state index contributed by atoms with van der Waals surface area (Å²) >= 11 is 10.4. The van der Waals surface area contributed by atoms with E-state index in [-0.39, 0.29) is 0 Å². The van der Waals surface area contributed by atoms with E-state index in [1.807, 2.05) is 0 Å². The molecule has 0 atom stereocenters. The molecule has 88 valence electrons. The van der Waals surface area contributed by atoms with Crippen molar-refractivity contribution >= 4 is 39.3 Å². The van der Waals surface area contributed by atoms with Crippen LogP contribution in [0.3, 0.4) is 0 Å². The summed E-state index contributed by atoms with van der Waals surface area (Å²) < 4.78 is 26.5. The third-order valence-electron chi connectivity index (χ3n) is 1.88. The van der Waals surface area contributed by atoms with E-state index in [1.165, 1.54) is 17.8 Å². The Labute approximate surface area is 114 Å². The maximum atomic E-state index is 13.0. The number of benzene rings is 1. The second-order valence-corrected chi connectivity index (χ2v) is 5.50. The van der Waals surface area contributed by atoms with Gasteiger partial charge in [-0.15, -0.1) is 0 Å². The minimum Gasteiger partial charge on any atom is -0.247 e. The lowest BCUT2D eigenvalue weighted by Crippen LogP contribution is -1.85. The summed E-state index contributed by atoms with van der Waals surface area (Å²) in [7, 11) is 0. The molecule has 0 amide bonds. The Kier molecular flexibility index (Phi) is 4.01. The molecular weight excluding hydrogens is 332 g/mol. The molecule has 1 aromatic carbocycles. The van der Waals surface area contributed by atoms with Gasteiger partial charge in [-0.3, -0.25) is 0 Å². The maximum Gasteiger partial charge on any atom is 0.159 e. The number of pyridine rings is 1. The first kappa shape index (κ1) is 12.8. The highest BCUT2D eigenvalue weighted by atomic mass is 79.9. The third kappa shape index (κ3) is 3.18. The first-order valence-corrected chi connectivity index (χ1v) is 6.49. The van der Waals surface area contributed by atoms with E-state index in [2.05, 4.69) is 20.9 Å². The first-order chi connectivity index (χ1) is 8.06. The van der Waals surface area contributed by atoms with Gasteiger partial charge in [-0.1, -0.05) is 23.4 Å². The van der Waals surface area contributed by atoms with Gasteiger partial charge < -0.3 is 0 Å². The van der Waals surface area contributed by atoms with Crippen LogP contribution in [0.25, 0.3) is 0 Å². The molecule has 0 saturated heterocycles. The Morgan fingerprint density at radius 2 is 1.94 bits per heavy atom. The molecule has 1 nitrogen and oxygen atoms in total. The molecule has 0 aliphatic carbocycles. The normalized spacial score (nSPS) is 10.6. The van der Waals surface area contributed by atoms with Crippen molar-refractivity contribution in [2.75, 3.05) is 0 Å². The van der Waals surface area contributed by atoms with Gasteiger partial charge in [0.05, 0.1) is 5.02 Å². The molecule has 1 aromatic heterocycles. The van der Waals surface area contributed by atoms with E-state index < -0.39 is 11.6 Å². The van der Waals surface area contributed by atoms with Crippen molar-refractivity contribution in [3.05, 3.63) is 51.6 Å². The Morgan fingerprint density at radius 1 is 1.18 bits per heavy atom. The van der Waals surface area contributed by atoms with E-state index in [4.69, 9.17) is 11.6 Å². The quantitative estimate of drug-likeness (QED) is 0.771. The van der Waals surface area contributed by atoms with Gasteiger partial charge in [-0.2, -0.15) is 0 Å². The smallest absolute Gasteiger partial charge is 0.159 e. The summed E-state index contributed by atoms with van der Waals surface area (Å²) in [5.41, 5.74) is 0. The van der Waals surface area contributed by atoms with Crippen molar-refractivity contribution in [1.29, 1.82) is 0 Å². The summed E-state index contributed by atoms with van der Waals surface area (Å²) in [4.78, 5) is 4.64. The molecule has 17 heavy (non-hydrogen) atoms. The van der Waals surface area contributed by atoms with Crippen LogP contribution in [-0.2, 0) is 0 Å². The molecule has 0 saturated carbocycles. The van der Waals surface area contributed by atoms with Gasteiger partial charge in [-0.25, -0.2) is 13.8 Å². The van der Waals surface area contributed by atoms with Crippen LogP contribution in [0, 0.1) is 11.6 Å². The van der Waals surface area contributed by atoms with Crippen LogP contribution in [0.1, 0.15) is 0 Å². The monoisotopic (exact) mass is 335 g/mol. The summed E-state index contributed by atoms with van der Waals surface area (Å²) in [6, 6.07) is 5.35. The molecule has 0 spiro atoms. The zero-order chi connectivity index (χ0) is 12.4. The Balaban J connectivity index is 2.28. The van der Waals surface area contributed by atoms with E-state index in [9.17, 15) is 8.78 Å². The van der Waals surface area contributed by atoms with Crippen molar-refractivity contribution in [1.82, 2.24) is 4.98 Å². The van der Waals surface area contributed by atoms with E-state index in [0.717, 1.165) is 16.6 Å². The molecular formula is C11H5BrClF2NS. The summed E-state index contributed by atoms with van der Waals surface area (Å²) in [6.45, 7) is 0. The minimum atomic E-state index is -0.886. The second-order valence-electron chi connectivity index (χ2n) is 3.12. The molecule has 0 aliphatic heterocycles. The lowest BCUT2D eigenvalue weighted by atomic mass is 10.3. The summed E-state index contributed by atoms with van der Waals surface area (Å²) in [5, 5.41) is 0.995. The zero-order valence-electron chi connectivity index (χ0n) is 8.25. The molecule has 2 rings (SSSR count). The molecule has 6 heteroatoms. The fourth-order valence-corrected chi connectivity index (χ4v) is 2.66. The third-order valence-corrected chi connectivity index (χ3v) is 3.72. The second kappa shape index (κ2) is 5.33. The van der Waals surface area contributed by atoms with Crippen LogP contribution in [0.4, 0.5) is 8.78 Å². The van der Waals surface area contributed by atoms with Crippen LogP contribution < -0.4 is 0 Å². The SMILES string of the molecule is Fc1ccc(Sc2ncc(Br)cc2Cl)cc1F. The van der Waals surface area contributed by atoms with Gasteiger partial charge in [0.2, 0.25) is 0 Å². The van der Waals surface area contributed by atoms with Gasteiger partial charge in [0.25, 0.3) is 0 Å². The number of hydrogen-bond acceptors (Lipinski definition) is 2. The van der Waals surface area contributed by atoms with Crippen LogP contribution in [-0.4, -0.2) is 4.98 Å². The largest absolute Gasteiger partial charge is 0.247 e. The molecule has 2 aromatic rings. The highest BCUT2D eigenvalue weighted by Gasteiger charge is 2.08. The van der Waals surface area contributed by atoms with Gasteiger partial charge in [0, 0.05) is 15.6 Å². The number of rotatable bonds is 2. The predicted octanol–water partition coefficient (Wildman–Crippen LogP) is 4.93. The van der Waals surface area contributed by atoms with Crippen molar-refractivity contribution in [2.45, 2.75) is 9.92 Å². The standard InChI is InChI=1S/C11H5BrClF2NS/c12-6-3-8(13)11(16-5-6)17-7-1-2-9(14)10(15)4-7/h1-5H. The average Bonchev–Trinajstić information content (AvgIpc) is 2.27. The molecule has 0 fully saturated rings. The predicted molar refractivity (Wildman–Crippen MR) is 67.4 cm³/mol. The number of hydrogen-bond donors (Lipinski definition) is 0. The molecule has 0 unspecified atom stereocenters. The molecule has 0 aliphatic rings. The van der Waals surface area contributed by atoms with Gasteiger partial charge in [0.15, 0.2) is 11.6 Å². The van der Waals surface area contributed by atoms with Gasteiger partial charge in [-0.05, 0) is 40.2 Å². The summed E-state index contributed by atoms with van der Waals surface area (Å²) in [6.07, 6.45) is 1.59. The fraction of sp³-hybridized carbons (Fsp3) is 0. The highest BCUT2D eigenvalue weighted by Crippen LogP contribution is 2.33. The number of aromatic nitrogens is 1. The van der Waals surface area contributed by atoms with Crippen molar-refractivity contribution in [3.63, 3.8) is 0 Å². The molecule has 0 bridgehead atoms. The van der Waals surface area contributed by atoms with E-state index in [0.29, 0.717) is 14.9 Å². The Morgan fingerprint density at radius 3 is 2.59 bits per heavy atom. The molecule has 0 N–H and O–H groups in total. The van der Waals surface area contributed by atoms with Gasteiger partial charge >= 0.3 is 0 Å². The topological polar surface area (TPSA) is 12.9 Å². The Hall–Kier alpha value is -0.650. The van der Waals surface area contributed by atoms with Crippen molar-refractivity contribution in [2.24, 2.45) is 0 Å². The summed E-state index contributed by atoms with van der Waals surface area (Å²) in [5.74, 6) is -1.76. The lowest BCUT2D eigenvalue weighted by Gasteiger charge is -2.04. The van der Waals surface area contributed by atoms with E-state index in [1.54, 1.807) is 12.3 Å². The highest BCUT2D eigenvalue weighted by molar-refractivity contribution is 9.10. The van der Waals surface area contributed by atoms with Crippen LogP contribution in [0.2, 0.25) is 5.02 Å². The van der Waals surface area contributed by atoms with Crippen LogP contribution in [0.15, 0.2) is 44.9 Å². The van der Waals surface area contributed by atoms with Crippen LogP contribution >= 0.6 is 39.3 Å². The van der Waals surface area contributed by atoms with Crippen LogP contribution in [0.5, 0.6) is 0 Å². The van der Waals surface area contributed by atoms with E-state index >= 15 is 0 Å². The average molecular weight is 337 g/mol. The Bertz CT molecular complexity index is 565. The fourth-order valence-electron chi connectivity index (χ4n) is 1.13. The number of halogens is 4. The minimum absolute atomic E-state index is 0.453.